The lowest BCUT2D eigenvalue weighted by atomic mass is 10.2. The van der Waals surface area contributed by atoms with E-state index in [0.29, 0.717) is 30.9 Å². The molecule has 3 rings (SSSR count). The molecule has 1 aliphatic heterocycles. The van der Waals surface area contributed by atoms with E-state index in [-0.39, 0.29) is 36.9 Å². The summed E-state index contributed by atoms with van der Waals surface area (Å²) < 4.78 is 58.2. The average molecular weight is 538 g/mol. The summed E-state index contributed by atoms with van der Waals surface area (Å²) >= 11 is 0. The Balaban J connectivity index is 1.39. The van der Waals surface area contributed by atoms with E-state index in [4.69, 9.17) is 4.74 Å². The molecular formula is C25H35N3O6S2. The summed E-state index contributed by atoms with van der Waals surface area (Å²) in [7, 11) is -6.94. The van der Waals surface area contributed by atoms with Crippen LogP contribution in [0.1, 0.15) is 37.7 Å². The lowest BCUT2D eigenvalue weighted by molar-refractivity contribution is -0.121. The first-order valence-electron chi connectivity index (χ1n) is 12.1. The minimum atomic E-state index is -3.48. The van der Waals surface area contributed by atoms with Crippen LogP contribution in [0.3, 0.4) is 0 Å². The van der Waals surface area contributed by atoms with Crippen LogP contribution in [-0.2, 0) is 24.8 Å². The second kappa shape index (κ2) is 12.6. The van der Waals surface area contributed by atoms with Gasteiger partial charge in [-0.15, -0.1) is 0 Å². The van der Waals surface area contributed by atoms with Gasteiger partial charge in [-0.3, -0.25) is 9.10 Å². The largest absolute Gasteiger partial charge is 0.492 e. The van der Waals surface area contributed by atoms with Gasteiger partial charge in [0.15, 0.2) is 0 Å². The summed E-state index contributed by atoms with van der Waals surface area (Å²) in [6.45, 7) is 3.75. The quantitative estimate of drug-likeness (QED) is 0.417. The van der Waals surface area contributed by atoms with Crippen molar-refractivity contribution in [3.63, 3.8) is 0 Å². The molecule has 2 aromatic carbocycles. The van der Waals surface area contributed by atoms with Gasteiger partial charge in [-0.1, -0.05) is 24.1 Å². The molecule has 0 aromatic heterocycles. The number of amides is 1. The maximum absolute atomic E-state index is 12.7. The minimum absolute atomic E-state index is 0.181. The van der Waals surface area contributed by atoms with Crippen LogP contribution in [0.4, 0.5) is 5.69 Å². The lowest BCUT2D eigenvalue weighted by Gasteiger charge is -2.25. The van der Waals surface area contributed by atoms with Crippen molar-refractivity contribution in [2.45, 2.75) is 43.9 Å². The number of hydrogen-bond acceptors (Lipinski definition) is 6. The van der Waals surface area contributed by atoms with Crippen LogP contribution in [0.5, 0.6) is 5.75 Å². The highest BCUT2D eigenvalue weighted by atomic mass is 32.2. The SMILES string of the molecule is Cc1ccc(N(CCCC(=O)NCCOc2ccc(S(=O)(=O)N3CCCCC3)cc2)S(C)(=O)=O)cc1. The van der Waals surface area contributed by atoms with Gasteiger partial charge >= 0.3 is 0 Å². The van der Waals surface area contributed by atoms with E-state index in [0.717, 1.165) is 31.1 Å². The number of nitrogens with one attached hydrogen (secondary N) is 1. The zero-order valence-corrected chi connectivity index (χ0v) is 22.5. The number of carbonyl (C=O) groups is 1. The Kier molecular flexibility index (Phi) is 9.75. The third-order valence-electron chi connectivity index (χ3n) is 5.96. The van der Waals surface area contributed by atoms with Gasteiger partial charge in [0.25, 0.3) is 0 Å². The summed E-state index contributed by atoms with van der Waals surface area (Å²) in [5, 5.41) is 2.76. The van der Waals surface area contributed by atoms with Gasteiger partial charge in [0.05, 0.1) is 23.4 Å². The van der Waals surface area contributed by atoms with E-state index in [1.54, 1.807) is 36.4 Å². The number of rotatable bonds is 12. The number of carbonyl (C=O) groups excluding carboxylic acids is 1. The standard InChI is InChI=1S/C25H35N3O6S2/c1-21-8-10-22(11-9-21)28(35(2,30)31)19-6-7-25(29)26-16-20-34-23-12-14-24(15-13-23)36(32,33)27-17-4-3-5-18-27/h8-15H,3-7,16-20H2,1-2H3,(H,26,29). The molecule has 198 valence electrons. The molecule has 1 heterocycles. The molecule has 1 N–H and O–H groups in total. The maximum Gasteiger partial charge on any atom is 0.243 e. The third-order valence-corrected chi connectivity index (χ3v) is 9.06. The van der Waals surface area contributed by atoms with Gasteiger partial charge in [0.1, 0.15) is 12.4 Å². The highest BCUT2D eigenvalue weighted by Crippen LogP contribution is 2.23. The molecule has 0 saturated carbocycles. The molecule has 36 heavy (non-hydrogen) atoms. The summed E-state index contributed by atoms with van der Waals surface area (Å²) in [4.78, 5) is 12.4. The second-order valence-electron chi connectivity index (χ2n) is 8.91. The number of ether oxygens (including phenoxy) is 1. The normalized spacial score (nSPS) is 14.8. The summed E-state index contributed by atoms with van der Waals surface area (Å²) in [5.74, 6) is 0.322. The first kappa shape index (κ1) is 27.9. The lowest BCUT2D eigenvalue weighted by Crippen LogP contribution is -2.35. The fourth-order valence-corrected chi connectivity index (χ4v) is 6.47. The molecule has 2 aromatic rings. The molecular weight excluding hydrogens is 502 g/mol. The fourth-order valence-electron chi connectivity index (χ4n) is 3.99. The molecule has 1 fully saturated rings. The summed E-state index contributed by atoms with van der Waals surface area (Å²) in [5.41, 5.74) is 1.61. The monoisotopic (exact) mass is 537 g/mol. The third kappa shape index (κ3) is 7.94. The van der Waals surface area contributed by atoms with Crippen LogP contribution >= 0.6 is 0 Å². The van der Waals surface area contributed by atoms with Crippen molar-refractivity contribution in [2.24, 2.45) is 0 Å². The molecule has 11 heteroatoms. The molecule has 1 saturated heterocycles. The van der Waals surface area contributed by atoms with E-state index < -0.39 is 20.0 Å². The van der Waals surface area contributed by atoms with Gasteiger partial charge in [-0.05, 0) is 62.6 Å². The van der Waals surface area contributed by atoms with Crippen LogP contribution in [0.15, 0.2) is 53.4 Å². The highest BCUT2D eigenvalue weighted by Gasteiger charge is 2.25. The van der Waals surface area contributed by atoms with Crippen molar-refractivity contribution in [1.29, 1.82) is 0 Å². The van der Waals surface area contributed by atoms with Gasteiger partial charge < -0.3 is 10.1 Å². The predicted octanol–water partition coefficient (Wildman–Crippen LogP) is 2.91. The molecule has 0 spiro atoms. The zero-order valence-electron chi connectivity index (χ0n) is 20.9. The first-order valence-corrected chi connectivity index (χ1v) is 15.4. The van der Waals surface area contributed by atoms with Crippen LogP contribution in [0.2, 0.25) is 0 Å². The summed E-state index contributed by atoms with van der Waals surface area (Å²) in [6.07, 6.45) is 4.53. The molecule has 0 atom stereocenters. The number of anilines is 1. The highest BCUT2D eigenvalue weighted by molar-refractivity contribution is 7.92. The Morgan fingerprint density at radius 3 is 2.22 bits per heavy atom. The number of aryl methyl sites for hydroxylation is 1. The topological polar surface area (TPSA) is 113 Å². The van der Waals surface area contributed by atoms with E-state index in [1.165, 1.54) is 8.61 Å². The minimum Gasteiger partial charge on any atom is -0.492 e. The zero-order chi connectivity index (χ0) is 26.2. The Morgan fingerprint density at radius 2 is 1.61 bits per heavy atom. The Hall–Kier alpha value is -2.63. The number of piperidine rings is 1. The van der Waals surface area contributed by atoms with Gasteiger partial charge in [-0.25, -0.2) is 16.8 Å². The molecule has 0 bridgehead atoms. The van der Waals surface area contributed by atoms with E-state index in [9.17, 15) is 21.6 Å². The number of benzene rings is 2. The molecule has 9 nitrogen and oxygen atoms in total. The van der Waals surface area contributed by atoms with Gasteiger partial charge in [-0.2, -0.15) is 4.31 Å². The Labute approximate surface area is 214 Å². The molecule has 1 amide bonds. The van der Waals surface area contributed by atoms with Crippen molar-refractivity contribution >= 4 is 31.6 Å². The molecule has 0 aliphatic carbocycles. The van der Waals surface area contributed by atoms with E-state index >= 15 is 0 Å². The number of nitrogens with zero attached hydrogens (tertiary/aromatic N) is 2. The molecule has 0 radical (unpaired) electrons. The predicted molar refractivity (Wildman–Crippen MR) is 140 cm³/mol. The van der Waals surface area contributed by atoms with E-state index in [2.05, 4.69) is 5.32 Å². The van der Waals surface area contributed by atoms with Crippen LogP contribution < -0.4 is 14.4 Å². The van der Waals surface area contributed by atoms with Crippen molar-refractivity contribution in [1.82, 2.24) is 9.62 Å². The summed E-state index contributed by atoms with van der Waals surface area (Å²) in [6, 6.07) is 13.5. The second-order valence-corrected chi connectivity index (χ2v) is 12.8. The Bertz CT molecular complexity index is 1210. The maximum atomic E-state index is 12.7. The van der Waals surface area contributed by atoms with Crippen molar-refractivity contribution in [2.75, 3.05) is 43.3 Å². The van der Waals surface area contributed by atoms with Crippen molar-refractivity contribution < 1.29 is 26.4 Å². The van der Waals surface area contributed by atoms with Crippen LogP contribution in [0, 0.1) is 6.92 Å². The molecule has 1 aliphatic rings. The van der Waals surface area contributed by atoms with Gasteiger partial charge in [0, 0.05) is 26.1 Å². The Morgan fingerprint density at radius 1 is 0.972 bits per heavy atom. The van der Waals surface area contributed by atoms with Crippen molar-refractivity contribution in [3.05, 3.63) is 54.1 Å². The van der Waals surface area contributed by atoms with Crippen molar-refractivity contribution in [3.8, 4) is 5.75 Å². The van der Waals surface area contributed by atoms with E-state index in [1.807, 2.05) is 19.1 Å². The van der Waals surface area contributed by atoms with Crippen LogP contribution in [-0.4, -0.2) is 66.1 Å². The fraction of sp³-hybridized carbons (Fsp3) is 0.480. The number of sulfonamides is 2. The number of hydrogen-bond donors (Lipinski definition) is 1. The average Bonchev–Trinajstić information content (AvgIpc) is 2.85. The first-order chi connectivity index (χ1) is 17.1. The molecule has 0 unspecified atom stereocenters. The van der Waals surface area contributed by atoms with Gasteiger partial charge in [0.2, 0.25) is 26.0 Å². The van der Waals surface area contributed by atoms with Crippen LogP contribution in [0.25, 0.3) is 0 Å². The smallest absolute Gasteiger partial charge is 0.243 e.